The van der Waals surface area contributed by atoms with Gasteiger partial charge in [-0.1, -0.05) is 0 Å². The van der Waals surface area contributed by atoms with Crippen LogP contribution in [0.4, 0.5) is 0 Å². The molecule has 0 aromatic rings. The van der Waals surface area contributed by atoms with E-state index in [1.807, 2.05) is 20.8 Å². The first-order chi connectivity index (χ1) is 7.41. The summed E-state index contributed by atoms with van der Waals surface area (Å²) in [6, 6.07) is 0.537. The van der Waals surface area contributed by atoms with Crippen LogP contribution in [0.1, 0.15) is 59.3 Å². The second kappa shape index (κ2) is 4.02. The van der Waals surface area contributed by atoms with Crippen molar-refractivity contribution in [2.24, 2.45) is 0 Å². The first kappa shape index (κ1) is 11.9. The quantitative estimate of drug-likeness (QED) is 0.696. The summed E-state index contributed by atoms with van der Waals surface area (Å²) in [4.78, 5) is 12.3. The number of ether oxygens (including phenoxy) is 1. The van der Waals surface area contributed by atoms with E-state index in [1.165, 1.54) is 12.8 Å². The predicted octanol–water partition coefficient (Wildman–Crippen LogP) is 2.39. The molecular weight excluding hydrogens is 202 g/mol. The highest BCUT2D eigenvalue weighted by atomic mass is 16.6. The number of carbonyl (C=O) groups is 1. The van der Waals surface area contributed by atoms with E-state index in [-0.39, 0.29) is 17.1 Å². The maximum atomic E-state index is 12.3. The Morgan fingerprint density at radius 1 is 1.25 bits per heavy atom. The van der Waals surface area contributed by atoms with Gasteiger partial charge in [-0.3, -0.25) is 10.1 Å². The predicted molar refractivity (Wildman–Crippen MR) is 63.2 cm³/mol. The van der Waals surface area contributed by atoms with E-state index in [1.54, 1.807) is 0 Å². The van der Waals surface area contributed by atoms with Crippen LogP contribution in [-0.4, -0.2) is 23.2 Å². The van der Waals surface area contributed by atoms with Gasteiger partial charge in [0.05, 0.1) is 0 Å². The Morgan fingerprint density at radius 2 is 1.81 bits per heavy atom. The zero-order valence-electron chi connectivity index (χ0n) is 10.6. The van der Waals surface area contributed by atoms with E-state index in [2.05, 4.69) is 5.32 Å². The molecule has 2 fully saturated rings. The van der Waals surface area contributed by atoms with Crippen molar-refractivity contribution >= 4 is 5.97 Å². The minimum atomic E-state index is -0.377. The molecule has 0 unspecified atom stereocenters. The van der Waals surface area contributed by atoms with Gasteiger partial charge in [-0.2, -0.15) is 0 Å². The Balaban J connectivity index is 2.08. The maximum Gasteiger partial charge on any atom is 0.326 e. The number of carbonyl (C=O) groups excluding carboxylic acids is 1. The monoisotopic (exact) mass is 225 g/mol. The zero-order chi connectivity index (χ0) is 11.8. The number of hydrogen-bond acceptors (Lipinski definition) is 3. The topological polar surface area (TPSA) is 38.3 Å². The highest BCUT2D eigenvalue weighted by Gasteiger charge is 2.46. The van der Waals surface area contributed by atoms with Crippen molar-refractivity contribution in [2.45, 2.75) is 76.5 Å². The molecule has 2 heterocycles. The Hall–Kier alpha value is -0.570. The Bertz CT molecular complexity index is 270. The van der Waals surface area contributed by atoms with Crippen molar-refractivity contribution in [2.75, 3.05) is 0 Å². The van der Waals surface area contributed by atoms with Gasteiger partial charge in [-0.25, -0.2) is 0 Å². The second-order valence-corrected chi connectivity index (χ2v) is 6.21. The lowest BCUT2D eigenvalue weighted by Crippen LogP contribution is -2.62. The molecule has 92 valence electrons. The molecular formula is C13H23NO2. The van der Waals surface area contributed by atoms with E-state index < -0.39 is 0 Å². The third-order valence-electron chi connectivity index (χ3n) is 3.58. The van der Waals surface area contributed by atoms with Gasteiger partial charge in [0.15, 0.2) is 0 Å². The van der Waals surface area contributed by atoms with Crippen LogP contribution in [0.5, 0.6) is 0 Å². The zero-order valence-corrected chi connectivity index (χ0v) is 10.6. The number of hydrogen-bond donors (Lipinski definition) is 1. The molecule has 2 rings (SSSR count). The van der Waals surface area contributed by atoms with Gasteiger partial charge in [0, 0.05) is 6.04 Å². The second-order valence-electron chi connectivity index (χ2n) is 6.21. The lowest BCUT2D eigenvalue weighted by atomic mass is 9.76. The van der Waals surface area contributed by atoms with Crippen LogP contribution >= 0.6 is 0 Å². The van der Waals surface area contributed by atoms with Crippen molar-refractivity contribution in [1.82, 2.24) is 5.32 Å². The third kappa shape index (κ3) is 2.40. The molecule has 2 aliphatic rings. The summed E-state index contributed by atoms with van der Waals surface area (Å²) in [6.07, 6.45) is 6.61. The molecule has 2 aliphatic heterocycles. The molecule has 2 saturated heterocycles. The molecule has 3 nitrogen and oxygen atoms in total. The van der Waals surface area contributed by atoms with Crippen LogP contribution in [0.15, 0.2) is 0 Å². The minimum absolute atomic E-state index is 0.0376. The van der Waals surface area contributed by atoms with Crippen molar-refractivity contribution < 1.29 is 9.53 Å². The van der Waals surface area contributed by atoms with Crippen LogP contribution in [0.2, 0.25) is 0 Å². The highest BCUT2D eigenvalue weighted by molar-refractivity contribution is 5.81. The maximum absolute atomic E-state index is 12.3. The molecule has 0 aliphatic carbocycles. The fourth-order valence-corrected chi connectivity index (χ4v) is 2.89. The largest absolute Gasteiger partial charge is 0.459 e. The first-order valence-electron chi connectivity index (χ1n) is 6.42. The SMILES string of the molecule is CC(C)(C)OC(=O)C12CCCC(CCC1)N2. The molecule has 2 bridgehead atoms. The Labute approximate surface area is 97.9 Å². The van der Waals surface area contributed by atoms with Gasteiger partial charge in [-0.15, -0.1) is 0 Å². The van der Waals surface area contributed by atoms with Gasteiger partial charge in [0.2, 0.25) is 0 Å². The first-order valence-corrected chi connectivity index (χ1v) is 6.42. The molecule has 0 saturated carbocycles. The van der Waals surface area contributed by atoms with Crippen molar-refractivity contribution in [3.05, 3.63) is 0 Å². The fraction of sp³-hybridized carbons (Fsp3) is 0.923. The van der Waals surface area contributed by atoms with Gasteiger partial charge < -0.3 is 4.74 Å². The van der Waals surface area contributed by atoms with E-state index in [0.29, 0.717) is 6.04 Å². The normalized spacial score (nSPS) is 34.6. The number of fused-ring (bicyclic) bond motifs is 2. The molecule has 0 atom stereocenters. The standard InChI is InChI=1S/C13H23NO2/c1-12(2,3)16-11(15)13-8-4-6-10(14-13)7-5-9-13/h10,14H,4-9H2,1-3H3. The van der Waals surface area contributed by atoms with Gasteiger partial charge >= 0.3 is 5.97 Å². The smallest absolute Gasteiger partial charge is 0.326 e. The summed E-state index contributed by atoms with van der Waals surface area (Å²) in [6.45, 7) is 5.81. The Kier molecular flexibility index (Phi) is 2.99. The lowest BCUT2D eigenvalue weighted by molar-refractivity contribution is -0.166. The number of rotatable bonds is 1. The van der Waals surface area contributed by atoms with Crippen molar-refractivity contribution in [3.8, 4) is 0 Å². The lowest BCUT2D eigenvalue weighted by Gasteiger charge is -2.45. The minimum Gasteiger partial charge on any atom is -0.459 e. The van der Waals surface area contributed by atoms with Crippen LogP contribution in [0, 0.1) is 0 Å². The van der Waals surface area contributed by atoms with Crippen LogP contribution in [0.3, 0.4) is 0 Å². The van der Waals surface area contributed by atoms with Crippen LogP contribution in [0.25, 0.3) is 0 Å². The molecule has 0 aromatic carbocycles. The highest BCUT2D eigenvalue weighted by Crippen LogP contribution is 2.35. The molecule has 0 aromatic heterocycles. The average Bonchev–Trinajstić information content (AvgIpc) is 2.15. The average molecular weight is 225 g/mol. The summed E-state index contributed by atoms with van der Waals surface area (Å²) in [5, 5.41) is 3.51. The third-order valence-corrected chi connectivity index (χ3v) is 3.58. The van der Waals surface area contributed by atoms with Gasteiger partial charge in [-0.05, 0) is 59.3 Å². The van der Waals surface area contributed by atoms with E-state index >= 15 is 0 Å². The number of esters is 1. The summed E-state index contributed by atoms with van der Waals surface area (Å²) in [7, 11) is 0. The van der Waals surface area contributed by atoms with E-state index in [9.17, 15) is 4.79 Å². The molecule has 0 amide bonds. The summed E-state index contributed by atoms with van der Waals surface area (Å²) >= 11 is 0. The molecule has 0 radical (unpaired) electrons. The molecule has 16 heavy (non-hydrogen) atoms. The summed E-state index contributed by atoms with van der Waals surface area (Å²) in [5.41, 5.74) is -0.744. The van der Waals surface area contributed by atoms with E-state index in [4.69, 9.17) is 4.74 Å². The van der Waals surface area contributed by atoms with Gasteiger partial charge in [0.1, 0.15) is 11.1 Å². The van der Waals surface area contributed by atoms with E-state index in [0.717, 1.165) is 25.7 Å². The Morgan fingerprint density at radius 3 is 2.31 bits per heavy atom. The van der Waals surface area contributed by atoms with Crippen LogP contribution < -0.4 is 5.32 Å². The van der Waals surface area contributed by atoms with Gasteiger partial charge in [0.25, 0.3) is 0 Å². The number of nitrogens with one attached hydrogen (secondary N) is 1. The molecule has 1 N–H and O–H groups in total. The number of piperidine rings is 2. The molecule has 0 spiro atoms. The summed E-state index contributed by atoms with van der Waals surface area (Å²) in [5.74, 6) is -0.0376. The van der Waals surface area contributed by atoms with Crippen molar-refractivity contribution in [3.63, 3.8) is 0 Å². The van der Waals surface area contributed by atoms with Crippen molar-refractivity contribution in [1.29, 1.82) is 0 Å². The fourth-order valence-electron chi connectivity index (χ4n) is 2.89. The molecule has 3 heteroatoms. The summed E-state index contributed by atoms with van der Waals surface area (Å²) < 4.78 is 5.55. The van der Waals surface area contributed by atoms with Crippen LogP contribution in [-0.2, 0) is 9.53 Å².